The molecule has 0 bridgehead atoms. The molecule has 7 nitrogen and oxygen atoms in total. The molecule has 0 aliphatic rings. The Balaban J connectivity index is 1.62. The van der Waals surface area contributed by atoms with Crippen LogP contribution in [0, 0.1) is 0 Å². The first-order chi connectivity index (χ1) is 13.2. The number of fused-ring (bicyclic) bond motifs is 1. The van der Waals surface area contributed by atoms with Crippen molar-refractivity contribution in [1.82, 2.24) is 10.3 Å². The molecular formula is C20H21N3O4. The number of amides is 1. The highest BCUT2D eigenvalue weighted by Crippen LogP contribution is 2.32. The first-order valence-electron chi connectivity index (χ1n) is 8.84. The number of rotatable bonds is 8. The number of hydrogen-bond donors (Lipinski definition) is 2. The fraction of sp³-hybridized carbons (Fsp3) is 0.250. The van der Waals surface area contributed by atoms with Crippen LogP contribution in [-0.4, -0.2) is 29.9 Å². The van der Waals surface area contributed by atoms with Crippen molar-refractivity contribution in [3.63, 3.8) is 0 Å². The lowest BCUT2D eigenvalue weighted by Gasteiger charge is -2.07. The number of benzene rings is 1. The van der Waals surface area contributed by atoms with Gasteiger partial charge in [0.2, 0.25) is 0 Å². The number of aromatic nitrogens is 1. The number of carbonyl (C=O) groups is 2. The third kappa shape index (κ3) is 4.63. The minimum absolute atomic E-state index is 0.0628. The molecule has 0 saturated heterocycles. The van der Waals surface area contributed by atoms with Crippen molar-refractivity contribution in [2.45, 2.75) is 19.8 Å². The van der Waals surface area contributed by atoms with Crippen LogP contribution in [0.5, 0.6) is 5.95 Å². The zero-order valence-electron chi connectivity index (χ0n) is 15.0. The van der Waals surface area contributed by atoms with E-state index < -0.39 is 5.97 Å². The first-order valence-corrected chi connectivity index (χ1v) is 8.84. The Morgan fingerprint density at radius 2 is 1.93 bits per heavy atom. The van der Waals surface area contributed by atoms with Gasteiger partial charge in [-0.15, -0.1) is 0 Å². The van der Waals surface area contributed by atoms with Gasteiger partial charge in [-0.05, 0) is 24.6 Å². The molecule has 27 heavy (non-hydrogen) atoms. The fourth-order valence-corrected chi connectivity index (χ4v) is 2.55. The Bertz CT molecular complexity index is 921. The Hall–Kier alpha value is -3.35. The van der Waals surface area contributed by atoms with Gasteiger partial charge >= 0.3 is 11.9 Å². The van der Waals surface area contributed by atoms with E-state index in [1.165, 1.54) is 0 Å². The van der Waals surface area contributed by atoms with Crippen LogP contribution in [0.1, 0.15) is 30.1 Å². The van der Waals surface area contributed by atoms with E-state index in [4.69, 9.17) is 9.15 Å². The zero-order valence-corrected chi connectivity index (χ0v) is 15.0. The third-order valence-electron chi connectivity index (χ3n) is 3.90. The van der Waals surface area contributed by atoms with E-state index in [1.54, 1.807) is 37.4 Å². The van der Waals surface area contributed by atoms with Crippen LogP contribution in [0.15, 0.2) is 53.1 Å². The average molecular weight is 367 g/mol. The average Bonchev–Trinajstić information content (AvgIpc) is 3.06. The van der Waals surface area contributed by atoms with Crippen LogP contribution in [0.2, 0.25) is 0 Å². The second-order valence-corrected chi connectivity index (χ2v) is 5.84. The minimum Gasteiger partial charge on any atom is -0.425 e. The lowest BCUT2D eigenvalue weighted by Crippen LogP contribution is -2.26. The van der Waals surface area contributed by atoms with Crippen LogP contribution in [0.25, 0.3) is 11.0 Å². The molecule has 0 aliphatic heterocycles. The van der Waals surface area contributed by atoms with E-state index in [-0.39, 0.29) is 23.8 Å². The normalized spacial score (nSPS) is 10.6. The smallest absolute Gasteiger partial charge is 0.313 e. The number of nitrogens with zero attached hydrogens (tertiary/aromatic N) is 1. The van der Waals surface area contributed by atoms with Gasteiger partial charge in [-0.3, -0.25) is 9.59 Å². The SMILES string of the molecule is CCC(=O)Oc1oc2ccccc2c1C(=O)NCCCNc1ccccn1. The number of esters is 1. The molecule has 140 valence electrons. The van der Waals surface area contributed by atoms with Gasteiger partial charge < -0.3 is 19.8 Å². The summed E-state index contributed by atoms with van der Waals surface area (Å²) in [4.78, 5) is 28.5. The topological polar surface area (TPSA) is 93.5 Å². The molecule has 3 aromatic rings. The van der Waals surface area contributed by atoms with Gasteiger partial charge in [0.25, 0.3) is 5.91 Å². The number of para-hydroxylation sites is 1. The predicted molar refractivity (Wildman–Crippen MR) is 102 cm³/mol. The summed E-state index contributed by atoms with van der Waals surface area (Å²) >= 11 is 0. The number of nitrogens with one attached hydrogen (secondary N) is 2. The molecular weight excluding hydrogens is 346 g/mol. The predicted octanol–water partition coefficient (Wildman–Crippen LogP) is 3.38. The van der Waals surface area contributed by atoms with Crippen LogP contribution in [0.4, 0.5) is 5.82 Å². The minimum atomic E-state index is -0.456. The van der Waals surface area contributed by atoms with E-state index >= 15 is 0 Å². The number of anilines is 1. The van der Waals surface area contributed by atoms with Crippen molar-refractivity contribution < 1.29 is 18.7 Å². The van der Waals surface area contributed by atoms with E-state index in [9.17, 15) is 9.59 Å². The summed E-state index contributed by atoms with van der Waals surface area (Å²) in [5.41, 5.74) is 0.739. The van der Waals surface area contributed by atoms with Crippen molar-refractivity contribution in [3.05, 3.63) is 54.2 Å². The molecule has 7 heteroatoms. The maximum absolute atomic E-state index is 12.6. The Morgan fingerprint density at radius 1 is 1.11 bits per heavy atom. The van der Waals surface area contributed by atoms with Gasteiger partial charge in [-0.1, -0.05) is 31.2 Å². The lowest BCUT2D eigenvalue weighted by atomic mass is 10.1. The Morgan fingerprint density at radius 3 is 2.70 bits per heavy atom. The van der Waals surface area contributed by atoms with E-state index in [0.717, 1.165) is 5.82 Å². The summed E-state index contributed by atoms with van der Waals surface area (Å²) in [7, 11) is 0. The molecule has 0 fully saturated rings. The summed E-state index contributed by atoms with van der Waals surface area (Å²) in [5, 5.41) is 6.63. The summed E-state index contributed by atoms with van der Waals surface area (Å²) in [6.07, 6.45) is 2.62. The zero-order chi connectivity index (χ0) is 19.1. The molecule has 0 saturated carbocycles. The highest BCUT2D eigenvalue weighted by atomic mass is 16.6. The van der Waals surface area contributed by atoms with Gasteiger partial charge in [0.15, 0.2) is 0 Å². The molecule has 1 amide bonds. The molecule has 0 atom stereocenters. The molecule has 2 aromatic heterocycles. The summed E-state index contributed by atoms with van der Waals surface area (Å²) in [5.74, 6) is -0.0649. The van der Waals surface area contributed by atoms with Crippen LogP contribution < -0.4 is 15.4 Å². The third-order valence-corrected chi connectivity index (χ3v) is 3.90. The summed E-state index contributed by atoms with van der Waals surface area (Å²) < 4.78 is 10.8. The van der Waals surface area contributed by atoms with Gasteiger partial charge in [0.1, 0.15) is 17.0 Å². The molecule has 0 spiro atoms. The van der Waals surface area contributed by atoms with Gasteiger partial charge in [0.05, 0.1) is 0 Å². The van der Waals surface area contributed by atoms with Crippen LogP contribution in [-0.2, 0) is 4.79 Å². The number of carbonyl (C=O) groups excluding carboxylic acids is 2. The molecule has 3 rings (SSSR count). The van der Waals surface area contributed by atoms with E-state index in [1.807, 2.05) is 18.2 Å². The quantitative estimate of drug-likeness (QED) is 0.468. The van der Waals surface area contributed by atoms with Crippen molar-refractivity contribution in [2.24, 2.45) is 0 Å². The van der Waals surface area contributed by atoms with Gasteiger partial charge in [0, 0.05) is 31.1 Å². The highest BCUT2D eigenvalue weighted by molar-refractivity contribution is 6.08. The summed E-state index contributed by atoms with van der Waals surface area (Å²) in [6, 6.07) is 12.7. The fourth-order valence-electron chi connectivity index (χ4n) is 2.55. The van der Waals surface area contributed by atoms with Crippen LogP contribution in [0.3, 0.4) is 0 Å². The number of hydrogen-bond acceptors (Lipinski definition) is 6. The standard InChI is InChI=1S/C20H21N3O4/c1-2-17(24)27-20-18(14-8-3-4-9-15(14)26-20)19(25)23-13-7-12-22-16-10-5-6-11-21-16/h3-6,8-11H,2,7,12-13H2,1H3,(H,21,22)(H,23,25). The molecule has 2 N–H and O–H groups in total. The molecule has 2 heterocycles. The van der Waals surface area contributed by atoms with Gasteiger partial charge in [-0.25, -0.2) is 4.98 Å². The van der Waals surface area contributed by atoms with Crippen molar-refractivity contribution in [2.75, 3.05) is 18.4 Å². The molecule has 0 radical (unpaired) electrons. The molecule has 0 unspecified atom stereocenters. The van der Waals surface area contributed by atoms with E-state index in [0.29, 0.717) is 30.5 Å². The van der Waals surface area contributed by atoms with Crippen molar-refractivity contribution in [1.29, 1.82) is 0 Å². The van der Waals surface area contributed by atoms with Crippen molar-refractivity contribution >= 4 is 28.7 Å². The molecule has 1 aromatic carbocycles. The maximum atomic E-state index is 12.6. The lowest BCUT2D eigenvalue weighted by molar-refractivity contribution is -0.135. The largest absolute Gasteiger partial charge is 0.425 e. The van der Waals surface area contributed by atoms with Crippen molar-refractivity contribution in [3.8, 4) is 5.95 Å². The summed E-state index contributed by atoms with van der Waals surface area (Å²) in [6.45, 7) is 2.81. The first kappa shape index (κ1) is 18.4. The Kier molecular flexibility index (Phi) is 6.04. The number of pyridine rings is 1. The number of ether oxygens (including phenoxy) is 1. The van der Waals surface area contributed by atoms with Gasteiger partial charge in [-0.2, -0.15) is 0 Å². The second kappa shape index (κ2) is 8.84. The highest BCUT2D eigenvalue weighted by Gasteiger charge is 2.23. The van der Waals surface area contributed by atoms with E-state index in [2.05, 4.69) is 15.6 Å². The number of furan rings is 1. The molecule has 0 aliphatic carbocycles. The second-order valence-electron chi connectivity index (χ2n) is 5.84. The Labute approximate surface area is 156 Å². The monoisotopic (exact) mass is 367 g/mol. The van der Waals surface area contributed by atoms with Crippen LogP contribution >= 0.6 is 0 Å². The maximum Gasteiger partial charge on any atom is 0.313 e.